The number of rotatable bonds is 2. The Balaban J connectivity index is 1.90. The van der Waals surface area contributed by atoms with Crippen molar-refractivity contribution in [3.8, 4) is 5.75 Å². The zero-order chi connectivity index (χ0) is 14.1. The van der Waals surface area contributed by atoms with Gasteiger partial charge in [0.05, 0.1) is 11.4 Å². The summed E-state index contributed by atoms with van der Waals surface area (Å²) >= 11 is 0. The Kier molecular flexibility index (Phi) is 2.90. The summed E-state index contributed by atoms with van der Waals surface area (Å²) in [5.41, 5.74) is 2.66. The Hall–Kier alpha value is -2.76. The smallest absolute Gasteiger partial charge is 0.227 e. The molecule has 100 valence electrons. The number of benzene rings is 1. The average Bonchev–Trinajstić information content (AvgIpc) is 2.46. The molecule has 0 aliphatic heterocycles. The van der Waals surface area contributed by atoms with Gasteiger partial charge in [-0.1, -0.05) is 0 Å². The van der Waals surface area contributed by atoms with Crippen LogP contribution < -0.4 is 5.32 Å². The highest BCUT2D eigenvalue weighted by atomic mass is 16.3. The molecule has 0 saturated heterocycles. The molecule has 1 heterocycles. The number of hydrogen-bond acceptors (Lipinski definition) is 6. The Morgan fingerprint density at radius 3 is 2.60 bits per heavy atom. The van der Waals surface area contributed by atoms with Crippen LogP contribution >= 0.6 is 0 Å². The van der Waals surface area contributed by atoms with Crippen molar-refractivity contribution in [3.63, 3.8) is 0 Å². The Morgan fingerprint density at radius 2 is 1.85 bits per heavy atom. The van der Waals surface area contributed by atoms with E-state index in [-0.39, 0.29) is 11.5 Å². The lowest BCUT2D eigenvalue weighted by atomic mass is 9.94. The summed E-state index contributed by atoms with van der Waals surface area (Å²) in [5, 5.41) is 27.9. The van der Waals surface area contributed by atoms with Crippen molar-refractivity contribution in [2.45, 2.75) is 12.8 Å². The number of phenols is 1. The zero-order valence-electron chi connectivity index (χ0n) is 10.6. The highest BCUT2D eigenvalue weighted by molar-refractivity contribution is 6.46. The number of anilines is 2. The molecule has 0 bridgehead atoms. The Bertz CT molecular complexity index is 693. The molecule has 6 heteroatoms. The van der Waals surface area contributed by atoms with Crippen molar-refractivity contribution in [1.82, 2.24) is 9.97 Å². The molecule has 1 aromatic heterocycles. The molecule has 0 unspecified atom stereocenters. The van der Waals surface area contributed by atoms with E-state index in [2.05, 4.69) is 15.3 Å². The molecule has 0 amide bonds. The topological polar surface area (TPSA) is 106 Å². The van der Waals surface area contributed by atoms with Gasteiger partial charge in [-0.15, -0.1) is 0 Å². The maximum absolute atomic E-state index is 9.23. The molecule has 2 aromatic rings. The Labute approximate surface area is 115 Å². The number of aromatic hydroxyl groups is 1. The lowest BCUT2D eigenvalue weighted by Crippen LogP contribution is -2.23. The van der Waals surface area contributed by atoms with Crippen LogP contribution in [0.4, 0.5) is 11.6 Å². The second kappa shape index (κ2) is 4.73. The van der Waals surface area contributed by atoms with Gasteiger partial charge in [0.2, 0.25) is 5.95 Å². The summed E-state index contributed by atoms with van der Waals surface area (Å²) in [6.07, 6.45) is 2.97. The van der Waals surface area contributed by atoms with E-state index in [9.17, 15) is 5.11 Å². The normalized spacial score (nSPS) is 14.0. The minimum Gasteiger partial charge on any atom is -0.508 e. The van der Waals surface area contributed by atoms with Crippen molar-refractivity contribution < 1.29 is 5.11 Å². The van der Waals surface area contributed by atoms with Crippen molar-refractivity contribution in [2.75, 3.05) is 5.32 Å². The third-order valence-corrected chi connectivity index (χ3v) is 3.17. The number of phenolic OH excluding ortho intramolecular Hbond substituents is 1. The molecule has 4 N–H and O–H groups in total. The van der Waals surface area contributed by atoms with Gasteiger partial charge < -0.3 is 15.8 Å². The second-order valence-corrected chi connectivity index (χ2v) is 4.59. The number of aromatic nitrogens is 2. The van der Waals surface area contributed by atoms with Crippen LogP contribution in [0.15, 0.2) is 30.5 Å². The third-order valence-electron chi connectivity index (χ3n) is 3.17. The van der Waals surface area contributed by atoms with Crippen molar-refractivity contribution in [2.24, 2.45) is 0 Å². The number of nitrogens with one attached hydrogen (secondary N) is 3. The summed E-state index contributed by atoms with van der Waals surface area (Å²) in [6, 6.07) is 6.56. The van der Waals surface area contributed by atoms with E-state index in [0.29, 0.717) is 30.2 Å². The van der Waals surface area contributed by atoms with E-state index in [1.807, 2.05) is 0 Å². The number of hydrogen-bond donors (Lipinski definition) is 4. The molecule has 6 nitrogen and oxygen atoms in total. The fraction of sp³-hybridized carbons (Fsp3) is 0.143. The van der Waals surface area contributed by atoms with E-state index < -0.39 is 0 Å². The summed E-state index contributed by atoms with van der Waals surface area (Å²) < 4.78 is 0. The van der Waals surface area contributed by atoms with Gasteiger partial charge in [-0.3, -0.25) is 5.41 Å². The molecule has 20 heavy (non-hydrogen) atoms. The van der Waals surface area contributed by atoms with E-state index in [4.69, 9.17) is 10.8 Å². The molecule has 0 radical (unpaired) electrons. The Morgan fingerprint density at radius 1 is 1.10 bits per heavy atom. The van der Waals surface area contributed by atoms with Gasteiger partial charge in [-0.2, -0.15) is 0 Å². The number of nitrogens with zero attached hydrogens (tertiary/aromatic N) is 2. The maximum Gasteiger partial charge on any atom is 0.227 e. The first-order valence-electron chi connectivity index (χ1n) is 6.22. The van der Waals surface area contributed by atoms with Gasteiger partial charge in [0, 0.05) is 11.9 Å². The molecular weight excluding hydrogens is 254 g/mol. The molecule has 1 aromatic carbocycles. The summed E-state index contributed by atoms with van der Waals surface area (Å²) in [5.74, 6) is 0.575. The minimum absolute atomic E-state index is 0.169. The van der Waals surface area contributed by atoms with Gasteiger partial charge in [0.15, 0.2) is 0 Å². The van der Waals surface area contributed by atoms with Gasteiger partial charge in [0.1, 0.15) is 11.5 Å². The summed E-state index contributed by atoms with van der Waals surface area (Å²) in [6.45, 7) is 0. The average molecular weight is 267 g/mol. The van der Waals surface area contributed by atoms with E-state index in [1.165, 1.54) is 0 Å². The van der Waals surface area contributed by atoms with E-state index in [1.54, 1.807) is 30.5 Å². The van der Waals surface area contributed by atoms with Crippen LogP contribution in [0.25, 0.3) is 0 Å². The molecule has 3 rings (SSSR count). The highest BCUT2D eigenvalue weighted by Gasteiger charge is 2.21. The van der Waals surface area contributed by atoms with Gasteiger partial charge in [-0.25, -0.2) is 9.97 Å². The lowest BCUT2D eigenvalue weighted by Gasteiger charge is -2.17. The quantitative estimate of drug-likeness (QED) is 0.626. The fourth-order valence-electron chi connectivity index (χ4n) is 2.07. The number of fused-ring (bicyclic) bond motifs is 1. The molecule has 0 saturated carbocycles. The largest absolute Gasteiger partial charge is 0.508 e. The van der Waals surface area contributed by atoms with Crippen molar-refractivity contribution in [3.05, 3.63) is 41.7 Å². The first-order valence-corrected chi connectivity index (χ1v) is 6.22. The fourth-order valence-corrected chi connectivity index (χ4v) is 2.07. The SMILES string of the molecule is N=C1CCc2cnc(Nc3ccc(O)cc3)nc2C1=N. The lowest BCUT2D eigenvalue weighted by molar-refractivity contribution is 0.475. The van der Waals surface area contributed by atoms with Crippen LogP contribution in [0.1, 0.15) is 17.7 Å². The van der Waals surface area contributed by atoms with E-state index >= 15 is 0 Å². The highest BCUT2D eigenvalue weighted by Crippen LogP contribution is 2.21. The van der Waals surface area contributed by atoms with Gasteiger partial charge >= 0.3 is 0 Å². The van der Waals surface area contributed by atoms with Crippen molar-refractivity contribution in [1.29, 1.82) is 10.8 Å². The van der Waals surface area contributed by atoms with Crippen LogP contribution in [0.5, 0.6) is 5.75 Å². The molecule has 0 fully saturated rings. The van der Waals surface area contributed by atoms with Gasteiger partial charge in [0.25, 0.3) is 0 Å². The maximum atomic E-state index is 9.23. The molecular formula is C14H13N5O. The molecule has 0 atom stereocenters. The van der Waals surface area contributed by atoms with Crippen LogP contribution in [0.3, 0.4) is 0 Å². The predicted octanol–water partition coefficient (Wildman–Crippen LogP) is 2.26. The molecule has 1 aliphatic rings. The minimum atomic E-state index is 0.169. The number of aryl methyl sites for hydroxylation is 1. The standard InChI is InChI=1S/C14H13N5O/c15-11-6-1-8-7-17-14(19-13(8)12(11)16)18-9-2-4-10(20)5-3-9/h2-5,7,15-16,20H,1,6H2,(H,17,18,19). The molecule has 1 aliphatic carbocycles. The predicted molar refractivity (Wildman–Crippen MR) is 76.3 cm³/mol. The van der Waals surface area contributed by atoms with Crippen LogP contribution in [-0.2, 0) is 6.42 Å². The second-order valence-electron chi connectivity index (χ2n) is 4.59. The first kappa shape index (κ1) is 12.3. The third kappa shape index (κ3) is 2.23. The summed E-state index contributed by atoms with van der Waals surface area (Å²) in [4.78, 5) is 8.53. The van der Waals surface area contributed by atoms with E-state index in [0.717, 1.165) is 11.3 Å². The first-order chi connectivity index (χ1) is 9.63. The van der Waals surface area contributed by atoms with Gasteiger partial charge in [-0.05, 0) is 42.7 Å². The van der Waals surface area contributed by atoms with Crippen molar-refractivity contribution >= 4 is 23.1 Å². The van der Waals surface area contributed by atoms with Crippen LogP contribution in [0, 0.1) is 10.8 Å². The zero-order valence-corrected chi connectivity index (χ0v) is 10.6. The monoisotopic (exact) mass is 267 g/mol. The van der Waals surface area contributed by atoms with Crippen LogP contribution in [0.2, 0.25) is 0 Å². The van der Waals surface area contributed by atoms with Crippen LogP contribution in [-0.4, -0.2) is 26.5 Å². The molecule has 0 spiro atoms. The summed E-state index contributed by atoms with van der Waals surface area (Å²) in [7, 11) is 0.